The summed E-state index contributed by atoms with van der Waals surface area (Å²) in [7, 11) is 0. The Kier molecular flexibility index (Phi) is 3.92. The fourth-order valence-corrected chi connectivity index (χ4v) is 2.95. The zero-order valence-corrected chi connectivity index (χ0v) is 13.6. The third kappa shape index (κ3) is 2.98. The van der Waals surface area contributed by atoms with Crippen LogP contribution >= 0.6 is 0 Å². The molecule has 1 aliphatic heterocycles. The number of nitrogens with one attached hydrogen (secondary N) is 1. The molecule has 0 spiro atoms. The molecule has 1 N–H and O–H groups in total. The molecular weight excluding hydrogens is 295 g/mol. The Morgan fingerprint density at radius 3 is 2.91 bits per heavy atom. The Hall–Kier alpha value is -2.24. The van der Waals surface area contributed by atoms with Gasteiger partial charge in [0.2, 0.25) is 5.91 Å². The highest BCUT2D eigenvalue weighted by molar-refractivity contribution is 5.87. The maximum absolute atomic E-state index is 13.4. The third-order valence-corrected chi connectivity index (χ3v) is 4.58. The lowest BCUT2D eigenvalue weighted by Gasteiger charge is -2.30. The smallest absolute Gasteiger partial charge is 0.230 e. The van der Waals surface area contributed by atoms with E-state index in [0.717, 1.165) is 24.5 Å². The highest BCUT2D eigenvalue weighted by Gasteiger charge is 2.32. The van der Waals surface area contributed by atoms with Crippen molar-refractivity contribution in [3.8, 4) is 0 Å². The topological polar surface area (TPSA) is 59.8 Å². The molecule has 0 saturated carbocycles. The highest BCUT2D eigenvalue weighted by atomic mass is 19.1. The highest BCUT2D eigenvalue weighted by Crippen LogP contribution is 2.25. The van der Waals surface area contributed by atoms with E-state index >= 15 is 0 Å². The number of fused-ring (bicyclic) bond motifs is 1. The number of halogens is 1. The first-order valence-electron chi connectivity index (χ1n) is 7.83. The zero-order valence-electron chi connectivity index (χ0n) is 13.6. The molecule has 1 aromatic heterocycles. The number of hydrogen-bond acceptors (Lipinski definition) is 3. The summed E-state index contributed by atoms with van der Waals surface area (Å²) in [6.07, 6.45) is 1.63. The number of benzene rings is 1. The fraction of sp³-hybridized carbons (Fsp3) is 0.471. The van der Waals surface area contributed by atoms with Crippen molar-refractivity contribution in [1.82, 2.24) is 20.1 Å². The lowest BCUT2D eigenvalue weighted by molar-refractivity contribution is -0.126. The first-order chi connectivity index (χ1) is 10.9. The summed E-state index contributed by atoms with van der Waals surface area (Å²) in [4.78, 5) is 12.7. The number of nitrogens with zero attached hydrogens (tertiary/aromatic N) is 3. The van der Waals surface area contributed by atoms with Gasteiger partial charge in [0.15, 0.2) is 0 Å². The van der Waals surface area contributed by atoms with Crippen LogP contribution in [0.25, 0.3) is 0 Å². The molecule has 1 aliphatic rings. The normalized spacial score (nSPS) is 17.7. The van der Waals surface area contributed by atoms with Gasteiger partial charge in [0.25, 0.3) is 0 Å². The van der Waals surface area contributed by atoms with Gasteiger partial charge in [-0.05, 0) is 44.9 Å². The van der Waals surface area contributed by atoms with Gasteiger partial charge in [-0.3, -0.25) is 4.79 Å². The van der Waals surface area contributed by atoms with Gasteiger partial charge < -0.3 is 9.88 Å². The van der Waals surface area contributed by atoms with E-state index < -0.39 is 5.41 Å². The SMILES string of the molecule is Cc1nnc2n1C[C@H](NC(=O)C(C)(C)c1cccc(F)c1)CC2. The van der Waals surface area contributed by atoms with Gasteiger partial charge in [-0.2, -0.15) is 0 Å². The summed E-state index contributed by atoms with van der Waals surface area (Å²) in [5.74, 6) is 1.41. The van der Waals surface area contributed by atoms with E-state index in [9.17, 15) is 9.18 Å². The van der Waals surface area contributed by atoms with Crippen molar-refractivity contribution >= 4 is 5.91 Å². The largest absolute Gasteiger partial charge is 0.351 e. The second kappa shape index (κ2) is 5.76. The number of aryl methyl sites for hydroxylation is 2. The van der Waals surface area contributed by atoms with Gasteiger partial charge in [-0.1, -0.05) is 12.1 Å². The number of aromatic nitrogens is 3. The van der Waals surface area contributed by atoms with Gasteiger partial charge in [-0.25, -0.2) is 4.39 Å². The molecule has 0 fully saturated rings. The van der Waals surface area contributed by atoms with Crippen molar-refractivity contribution < 1.29 is 9.18 Å². The Morgan fingerprint density at radius 2 is 2.17 bits per heavy atom. The van der Waals surface area contributed by atoms with E-state index in [1.165, 1.54) is 12.1 Å². The predicted octanol–water partition coefficient (Wildman–Crippen LogP) is 2.13. The number of carbonyl (C=O) groups is 1. The lowest BCUT2D eigenvalue weighted by Crippen LogP contribution is -2.48. The molecule has 122 valence electrons. The fourth-order valence-electron chi connectivity index (χ4n) is 2.95. The first kappa shape index (κ1) is 15.6. The molecule has 0 bridgehead atoms. The average molecular weight is 316 g/mol. The molecule has 1 aromatic carbocycles. The minimum atomic E-state index is -0.787. The number of amides is 1. The van der Waals surface area contributed by atoms with Gasteiger partial charge in [0.1, 0.15) is 17.5 Å². The summed E-state index contributed by atoms with van der Waals surface area (Å²) in [6, 6.07) is 6.26. The van der Waals surface area contributed by atoms with Crippen molar-refractivity contribution in [1.29, 1.82) is 0 Å². The summed E-state index contributed by atoms with van der Waals surface area (Å²) < 4.78 is 15.5. The van der Waals surface area contributed by atoms with Crippen LogP contribution in [0, 0.1) is 12.7 Å². The Labute approximate surface area is 134 Å². The van der Waals surface area contributed by atoms with Gasteiger partial charge in [0.05, 0.1) is 5.41 Å². The van der Waals surface area contributed by atoms with Crippen LogP contribution in [0.5, 0.6) is 0 Å². The molecule has 23 heavy (non-hydrogen) atoms. The van der Waals surface area contributed by atoms with E-state index in [0.29, 0.717) is 12.1 Å². The lowest BCUT2D eigenvalue weighted by atomic mass is 9.83. The van der Waals surface area contributed by atoms with E-state index in [4.69, 9.17) is 0 Å². The molecular formula is C17H21FN4O. The standard InChI is InChI=1S/C17H21FN4O/c1-11-20-21-15-8-7-14(10-22(11)15)19-16(23)17(2,3)12-5-4-6-13(18)9-12/h4-6,9,14H,7-8,10H2,1-3H3,(H,19,23)/t14-/m1/s1. The van der Waals surface area contributed by atoms with Crippen molar-refractivity contribution in [2.75, 3.05) is 0 Å². The maximum atomic E-state index is 13.4. The molecule has 0 saturated heterocycles. The number of carbonyl (C=O) groups excluding carboxylic acids is 1. The molecule has 0 unspecified atom stereocenters. The summed E-state index contributed by atoms with van der Waals surface area (Å²) in [5, 5.41) is 11.3. The number of rotatable bonds is 3. The van der Waals surface area contributed by atoms with Crippen LogP contribution < -0.4 is 5.32 Å². The summed E-state index contributed by atoms with van der Waals surface area (Å²) in [6.45, 7) is 6.22. The predicted molar refractivity (Wildman–Crippen MR) is 84.4 cm³/mol. The van der Waals surface area contributed by atoms with E-state index in [-0.39, 0.29) is 17.8 Å². The Bertz CT molecular complexity index is 738. The van der Waals surface area contributed by atoms with Crippen molar-refractivity contribution in [3.05, 3.63) is 47.3 Å². The van der Waals surface area contributed by atoms with Crippen LogP contribution in [0.3, 0.4) is 0 Å². The maximum Gasteiger partial charge on any atom is 0.230 e. The zero-order chi connectivity index (χ0) is 16.6. The molecule has 0 radical (unpaired) electrons. The van der Waals surface area contributed by atoms with Gasteiger partial charge in [0, 0.05) is 19.0 Å². The minimum absolute atomic E-state index is 0.0394. The van der Waals surface area contributed by atoms with Crippen LogP contribution in [0.4, 0.5) is 4.39 Å². The van der Waals surface area contributed by atoms with Crippen LogP contribution in [0.1, 0.15) is 37.5 Å². The number of hydrogen-bond donors (Lipinski definition) is 1. The van der Waals surface area contributed by atoms with E-state index in [2.05, 4.69) is 15.5 Å². The molecule has 2 heterocycles. The van der Waals surface area contributed by atoms with Gasteiger partial charge in [-0.15, -0.1) is 10.2 Å². The Morgan fingerprint density at radius 1 is 1.39 bits per heavy atom. The van der Waals surface area contributed by atoms with Crippen molar-refractivity contribution in [3.63, 3.8) is 0 Å². The molecule has 3 rings (SSSR count). The van der Waals surface area contributed by atoms with Gasteiger partial charge >= 0.3 is 0 Å². The first-order valence-corrected chi connectivity index (χ1v) is 7.83. The summed E-state index contributed by atoms with van der Waals surface area (Å²) >= 11 is 0. The van der Waals surface area contributed by atoms with E-state index in [1.807, 2.05) is 25.3 Å². The summed E-state index contributed by atoms with van der Waals surface area (Å²) in [5.41, 5.74) is -0.114. The molecule has 1 amide bonds. The van der Waals surface area contributed by atoms with Crippen molar-refractivity contribution in [2.45, 2.75) is 51.6 Å². The average Bonchev–Trinajstić information content (AvgIpc) is 2.88. The van der Waals surface area contributed by atoms with Crippen molar-refractivity contribution in [2.24, 2.45) is 0 Å². The van der Waals surface area contributed by atoms with Crippen LogP contribution in [-0.4, -0.2) is 26.7 Å². The quantitative estimate of drug-likeness (QED) is 0.944. The minimum Gasteiger partial charge on any atom is -0.351 e. The second-order valence-electron chi connectivity index (χ2n) is 6.62. The Balaban J connectivity index is 1.73. The molecule has 5 nitrogen and oxygen atoms in total. The molecule has 6 heteroatoms. The monoisotopic (exact) mass is 316 g/mol. The second-order valence-corrected chi connectivity index (χ2v) is 6.62. The molecule has 1 atom stereocenters. The van der Waals surface area contributed by atoms with Crippen LogP contribution in [0.15, 0.2) is 24.3 Å². The van der Waals surface area contributed by atoms with Crippen LogP contribution in [-0.2, 0) is 23.2 Å². The molecule has 0 aliphatic carbocycles. The third-order valence-electron chi connectivity index (χ3n) is 4.58. The van der Waals surface area contributed by atoms with Crippen LogP contribution in [0.2, 0.25) is 0 Å². The van der Waals surface area contributed by atoms with E-state index in [1.54, 1.807) is 12.1 Å². The molecule has 2 aromatic rings.